The van der Waals surface area contributed by atoms with Gasteiger partial charge in [-0.2, -0.15) is 0 Å². The number of ether oxygens (including phenoxy) is 2. The van der Waals surface area contributed by atoms with E-state index >= 15 is 0 Å². The summed E-state index contributed by atoms with van der Waals surface area (Å²) in [4.78, 5) is 0. The molecule has 0 unspecified atom stereocenters. The number of hydrogen-bond donors (Lipinski definition) is 1. The average Bonchev–Trinajstić information content (AvgIpc) is 2.27. The summed E-state index contributed by atoms with van der Waals surface area (Å²) in [6.45, 7) is 6.54. The average molecular weight is 221 g/mol. The predicted molar refractivity (Wildman–Crippen MR) is 63.8 cm³/mol. The Labute approximate surface area is 96.8 Å². The normalized spacial score (nSPS) is 24.0. The fourth-order valence-corrected chi connectivity index (χ4v) is 1.87. The molecule has 0 saturated carbocycles. The second kappa shape index (κ2) is 4.85. The van der Waals surface area contributed by atoms with Crippen molar-refractivity contribution < 1.29 is 9.47 Å². The molecule has 1 heterocycles. The molecule has 0 radical (unpaired) electrons. The van der Waals surface area contributed by atoms with Gasteiger partial charge in [-0.25, -0.2) is 0 Å². The van der Waals surface area contributed by atoms with Crippen LogP contribution in [0.3, 0.4) is 0 Å². The van der Waals surface area contributed by atoms with Crippen molar-refractivity contribution in [2.75, 3.05) is 19.7 Å². The van der Waals surface area contributed by atoms with Crippen LogP contribution in [0.4, 0.5) is 0 Å². The first-order chi connectivity index (χ1) is 7.66. The molecule has 0 amide bonds. The van der Waals surface area contributed by atoms with E-state index in [-0.39, 0.29) is 11.7 Å². The second-order valence-electron chi connectivity index (χ2n) is 4.75. The van der Waals surface area contributed by atoms with Crippen LogP contribution >= 0.6 is 0 Å². The lowest BCUT2D eigenvalue weighted by Gasteiger charge is -2.36. The number of rotatable bonds is 3. The standard InChI is InChI=1S/C13H19NO2/c1-13(2)10-14-8-12(16-13)9-15-11-6-4-3-5-7-11/h3-7,12,14H,8-10H2,1-2H3/t12-/m0/s1. The first-order valence-electron chi connectivity index (χ1n) is 5.72. The van der Waals surface area contributed by atoms with Gasteiger partial charge in [0.25, 0.3) is 0 Å². The lowest BCUT2D eigenvalue weighted by Crippen LogP contribution is -2.52. The molecule has 3 heteroatoms. The fraction of sp³-hybridized carbons (Fsp3) is 0.538. The zero-order valence-corrected chi connectivity index (χ0v) is 9.90. The van der Waals surface area contributed by atoms with Crippen molar-refractivity contribution in [1.29, 1.82) is 0 Å². The minimum Gasteiger partial charge on any atom is -0.491 e. The molecular weight excluding hydrogens is 202 g/mol. The van der Waals surface area contributed by atoms with Gasteiger partial charge in [0.2, 0.25) is 0 Å². The minimum atomic E-state index is -0.0943. The summed E-state index contributed by atoms with van der Waals surface area (Å²) in [6, 6.07) is 9.84. The second-order valence-corrected chi connectivity index (χ2v) is 4.75. The van der Waals surface area contributed by atoms with E-state index in [0.717, 1.165) is 18.8 Å². The topological polar surface area (TPSA) is 30.5 Å². The Morgan fingerprint density at radius 1 is 1.38 bits per heavy atom. The van der Waals surface area contributed by atoms with Crippen LogP contribution in [0.5, 0.6) is 5.75 Å². The van der Waals surface area contributed by atoms with Crippen molar-refractivity contribution in [2.24, 2.45) is 0 Å². The molecule has 1 atom stereocenters. The van der Waals surface area contributed by atoms with E-state index in [1.54, 1.807) is 0 Å². The quantitative estimate of drug-likeness (QED) is 0.844. The third-order valence-electron chi connectivity index (χ3n) is 2.59. The van der Waals surface area contributed by atoms with Gasteiger partial charge in [-0.15, -0.1) is 0 Å². The zero-order chi connectivity index (χ0) is 11.4. The SMILES string of the molecule is CC1(C)CNC[C@@H](COc2ccccc2)O1. The molecule has 0 bridgehead atoms. The number of nitrogens with one attached hydrogen (secondary N) is 1. The molecule has 0 aromatic heterocycles. The number of morpholine rings is 1. The summed E-state index contributed by atoms with van der Waals surface area (Å²) in [5.74, 6) is 0.898. The van der Waals surface area contributed by atoms with Crippen LogP contribution in [-0.2, 0) is 4.74 Å². The highest BCUT2D eigenvalue weighted by Gasteiger charge is 2.28. The maximum absolute atomic E-state index is 5.91. The summed E-state index contributed by atoms with van der Waals surface area (Å²) in [5.41, 5.74) is -0.0943. The van der Waals surface area contributed by atoms with Crippen LogP contribution in [0.1, 0.15) is 13.8 Å². The van der Waals surface area contributed by atoms with E-state index in [1.807, 2.05) is 30.3 Å². The molecule has 0 spiro atoms. The van der Waals surface area contributed by atoms with Crippen LogP contribution in [0.2, 0.25) is 0 Å². The molecule has 16 heavy (non-hydrogen) atoms. The largest absolute Gasteiger partial charge is 0.491 e. The van der Waals surface area contributed by atoms with Gasteiger partial charge < -0.3 is 14.8 Å². The van der Waals surface area contributed by atoms with Gasteiger partial charge in [-0.3, -0.25) is 0 Å². The lowest BCUT2D eigenvalue weighted by molar-refractivity contribution is -0.107. The monoisotopic (exact) mass is 221 g/mol. The van der Waals surface area contributed by atoms with Gasteiger partial charge in [-0.05, 0) is 26.0 Å². The van der Waals surface area contributed by atoms with Crippen molar-refractivity contribution >= 4 is 0 Å². The summed E-state index contributed by atoms with van der Waals surface area (Å²) in [5, 5.41) is 3.36. The summed E-state index contributed by atoms with van der Waals surface area (Å²) in [7, 11) is 0. The maximum atomic E-state index is 5.91. The molecule has 88 valence electrons. The van der Waals surface area contributed by atoms with Gasteiger partial charge >= 0.3 is 0 Å². The molecule has 1 aromatic rings. The highest BCUT2D eigenvalue weighted by Crippen LogP contribution is 2.16. The van der Waals surface area contributed by atoms with E-state index in [4.69, 9.17) is 9.47 Å². The molecule has 1 fully saturated rings. The summed E-state index contributed by atoms with van der Waals surface area (Å²) >= 11 is 0. The van der Waals surface area contributed by atoms with Crippen molar-refractivity contribution in [3.63, 3.8) is 0 Å². The Kier molecular flexibility index (Phi) is 3.46. The predicted octanol–water partition coefficient (Wildman–Crippen LogP) is 1.83. The molecule has 1 N–H and O–H groups in total. The van der Waals surface area contributed by atoms with Crippen molar-refractivity contribution in [1.82, 2.24) is 5.32 Å². The fourth-order valence-electron chi connectivity index (χ4n) is 1.87. The Morgan fingerprint density at radius 3 is 2.81 bits per heavy atom. The zero-order valence-electron chi connectivity index (χ0n) is 9.90. The number of para-hydroxylation sites is 1. The minimum absolute atomic E-state index is 0.0943. The molecular formula is C13H19NO2. The van der Waals surface area contributed by atoms with E-state index < -0.39 is 0 Å². The molecule has 1 saturated heterocycles. The highest BCUT2D eigenvalue weighted by atomic mass is 16.5. The van der Waals surface area contributed by atoms with E-state index in [0.29, 0.717) is 6.61 Å². The maximum Gasteiger partial charge on any atom is 0.119 e. The Morgan fingerprint density at radius 2 is 2.12 bits per heavy atom. The van der Waals surface area contributed by atoms with E-state index in [1.165, 1.54) is 0 Å². The van der Waals surface area contributed by atoms with E-state index in [2.05, 4.69) is 19.2 Å². The van der Waals surface area contributed by atoms with Gasteiger partial charge in [0.1, 0.15) is 18.5 Å². The molecule has 2 rings (SSSR count). The third-order valence-corrected chi connectivity index (χ3v) is 2.59. The third kappa shape index (κ3) is 3.22. The molecule has 0 aliphatic carbocycles. The van der Waals surface area contributed by atoms with Crippen molar-refractivity contribution in [3.8, 4) is 5.75 Å². The van der Waals surface area contributed by atoms with Gasteiger partial charge in [0, 0.05) is 13.1 Å². The summed E-state index contributed by atoms with van der Waals surface area (Å²) < 4.78 is 11.6. The van der Waals surface area contributed by atoms with Gasteiger partial charge in [-0.1, -0.05) is 18.2 Å². The first kappa shape index (κ1) is 11.4. The van der Waals surface area contributed by atoms with Gasteiger partial charge in [0.05, 0.1) is 5.60 Å². The Balaban J connectivity index is 1.82. The van der Waals surface area contributed by atoms with Crippen molar-refractivity contribution in [2.45, 2.75) is 25.6 Å². The van der Waals surface area contributed by atoms with E-state index in [9.17, 15) is 0 Å². The Hall–Kier alpha value is -1.06. The van der Waals surface area contributed by atoms with Crippen LogP contribution in [0, 0.1) is 0 Å². The molecule has 1 aliphatic rings. The van der Waals surface area contributed by atoms with Gasteiger partial charge in [0.15, 0.2) is 0 Å². The molecule has 1 aliphatic heterocycles. The smallest absolute Gasteiger partial charge is 0.119 e. The van der Waals surface area contributed by atoms with Crippen LogP contribution in [0.25, 0.3) is 0 Å². The van der Waals surface area contributed by atoms with Crippen LogP contribution in [-0.4, -0.2) is 31.4 Å². The van der Waals surface area contributed by atoms with Crippen molar-refractivity contribution in [3.05, 3.63) is 30.3 Å². The first-order valence-corrected chi connectivity index (χ1v) is 5.72. The lowest BCUT2D eigenvalue weighted by atomic mass is 10.1. The Bertz CT molecular complexity index is 324. The molecule has 3 nitrogen and oxygen atoms in total. The number of hydrogen-bond acceptors (Lipinski definition) is 3. The highest BCUT2D eigenvalue weighted by molar-refractivity contribution is 5.20. The van der Waals surface area contributed by atoms with Crippen LogP contribution < -0.4 is 10.1 Å². The van der Waals surface area contributed by atoms with Crippen LogP contribution in [0.15, 0.2) is 30.3 Å². The number of benzene rings is 1. The molecule has 1 aromatic carbocycles. The summed E-state index contributed by atoms with van der Waals surface area (Å²) in [6.07, 6.45) is 0.129.